The molecule has 4 nitrogen and oxygen atoms in total. The molecule has 1 N–H and O–H groups in total. The van der Waals surface area contributed by atoms with Crippen LogP contribution in [0.1, 0.15) is 12.8 Å². The number of rotatable bonds is 4. The lowest BCUT2D eigenvalue weighted by Crippen LogP contribution is -2.37. The number of likely N-dealkylation sites (tertiary alicyclic amines) is 1. The summed E-state index contributed by atoms with van der Waals surface area (Å²) in [6.45, 7) is 2.33. The Kier molecular flexibility index (Phi) is 4.35. The first-order chi connectivity index (χ1) is 6.65. The molecule has 0 spiro atoms. The SMILES string of the molecule is COCC(C(=O)O)C1CCN(C)CC1. The van der Waals surface area contributed by atoms with Crippen molar-refractivity contribution in [2.75, 3.05) is 33.9 Å². The van der Waals surface area contributed by atoms with Crippen LogP contribution in [0.3, 0.4) is 0 Å². The molecule has 4 heteroatoms. The first-order valence-corrected chi connectivity index (χ1v) is 5.05. The minimum atomic E-state index is -0.721. The standard InChI is InChI=1S/C10H19NO3/c1-11-5-3-8(4-6-11)9(7-14-2)10(12)13/h8-9H,3-7H2,1-2H3,(H,12,13). The van der Waals surface area contributed by atoms with E-state index >= 15 is 0 Å². The molecular weight excluding hydrogens is 182 g/mol. The van der Waals surface area contributed by atoms with Crippen molar-refractivity contribution in [3.63, 3.8) is 0 Å². The minimum absolute atomic E-state index is 0.281. The Hall–Kier alpha value is -0.610. The highest BCUT2D eigenvalue weighted by molar-refractivity contribution is 5.70. The van der Waals surface area contributed by atoms with E-state index in [1.165, 1.54) is 0 Å². The zero-order valence-electron chi connectivity index (χ0n) is 8.90. The summed E-state index contributed by atoms with van der Waals surface area (Å²) >= 11 is 0. The summed E-state index contributed by atoms with van der Waals surface area (Å²) in [6.07, 6.45) is 1.94. The Morgan fingerprint density at radius 1 is 1.57 bits per heavy atom. The second-order valence-electron chi connectivity index (χ2n) is 4.04. The number of hydrogen-bond donors (Lipinski definition) is 1. The summed E-state index contributed by atoms with van der Waals surface area (Å²) in [7, 11) is 3.63. The van der Waals surface area contributed by atoms with Gasteiger partial charge in [0, 0.05) is 7.11 Å². The average molecular weight is 201 g/mol. The largest absolute Gasteiger partial charge is 0.481 e. The van der Waals surface area contributed by atoms with Crippen LogP contribution < -0.4 is 0 Å². The quantitative estimate of drug-likeness (QED) is 0.726. The van der Waals surface area contributed by atoms with Gasteiger partial charge in [0.1, 0.15) is 0 Å². The van der Waals surface area contributed by atoms with Crippen molar-refractivity contribution in [2.24, 2.45) is 11.8 Å². The molecule has 0 aromatic rings. The minimum Gasteiger partial charge on any atom is -0.481 e. The number of methoxy groups -OCH3 is 1. The van der Waals surface area contributed by atoms with Crippen LogP contribution in [0.2, 0.25) is 0 Å². The van der Waals surface area contributed by atoms with E-state index in [1.54, 1.807) is 7.11 Å². The van der Waals surface area contributed by atoms with Crippen molar-refractivity contribution in [3.8, 4) is 0 Å². The first-order valence-electron chi connectivity index (χ1n) is 5.05. The Morgan fingerprint density at radius 3 is 2.57 bits per heavy atom. The summed E-state index contributed by atoms with van der Waals surface area (Å²) in [5, 5.41) is 9.03. The second-order valence-corrected chi connectivity index (χ2v) is 4.04. The lowest BCUT2D eigenvalue weighted by atomic mass is 9.85. The fourth-order valence-electron chi connectivity index (χ4n) is 2.02. The molecule has 0 bridgehead atoms. The fraction of sp³-hybridized carbons (Fsp3) is 0.900. The van der Waals surface area contributed by atoms with Crippen molar-refractivity contribution in [1.82, 2.24) is 4.90 Å². The molecule has 0 aromatic carbocycles. The Morgan fingerprint density at radius 2 is 2.14 bits per heavy atom. The van der Waals surface area contributed by atoms with Crippen LogP contribution in [-0.2, 0) is 9.53 Å². The van der Waals surface area contributed by atoms with Gasteiger partial charge in [0.15, 0.2) is 0 Å². The molecule has 0 aliphatic carbocycles. The molecule has 1 unspecified atom stereocenters. The van der Waals surface area contributed by atoms with E-state index in [4.69, 9.17) is 9.84 Å². The number of piperidine rings is 1. The molecule has 1 aliphatic rings. The third-order valence-corrected chi connectivity index (χ3v) is 3.00. The molecular formula is C10H19NO3. The normalized spacial score (nSPS) is 22.1. The predicted molar refractivity (Wildman–Crippen MR) is 53.2 cm³/mol. The van der Waals surface area contributed by atoms with Gasteiger partial charge >= 0.3 is 5.97 Å². The van der Waals surface area contributed by atoms with Crippen molar-refractivity contribution in [1.29, 1.82) is 0 Å². The van der Waals surface area contributed by atoms with Gasteiger partial charge in [0.25, 0.3) is 0 Å². The average Bonchev–Trinajstić information content (AvgIpc) is 2.15. The number of nitrogens with zero attached hydrogens (tertiary/aromatic N) is 1. The molecule has 1 aliphatic heterocycles. The molecule has 0 amide bonds. The van der Waals surface area contributed by atoms with Gasteiger partial charge in [-0.15, -0.1) is 0 Å². The molecule has 82 valence electrons. The van der Waals surface area contributed by atoms with Crippen LogP contribution in [0.25, 0.3) is 0 Å². The second kappa shape index (κ2) is 5.32. The predicted octanol–water partition coefficient (Wildman–Crippen LogP) is 0.675. The smallest absolute Gasteiger partial charge is 0.309 e. The first kappa shape index (κ1) is 11.5. The summed E-state index contributed by atoms with van der Waals surface area (Å²) in [5.74, 6) is -0.765. The van der Waals surface area contributed by atoms with Crippen LogP contribution >= 0.6 is 0 Å². The number of carbonyl (C=O) groups is 1. The van der Waals surface area contributed by atoms with E-state index in [-0.39, 0.29) is 11.8 Å². The maximum Gasteiger partial charge on any atom is 0.309 e. The number of carboxylic acid groups (broad SMARTS) is 1. The monoisotopic (exact) mass is 201 g/mol. The van der Waals surface area contributed by atoms with Gasteiger partial charge in [-0.3, -0.25) is 4.79 Å². The highest BCUT2D eigenvalue weighted by Gasteiger charge is 2.30. The van der Waals surface area contributed by atoms with Gasteiger partial charge < -0.3 is 14.7 Å². The zero-order valence-corrected chi connectivity index (χ0v) is 8.90. The van der Waals surface area contributed by atoms with Crippen LogP contribution in [0.5, 0.6) is 0 Å². The third-order valence-electron chi connectivity index (χ3n) is 3.00. The van der Waals surface area contributed by atoms with E-state index in [2.05, 4.69) is 11.9 Å². The van der Waals surface area contributed by atoms with E-state index < -0.39 is 5.97 Å². The van der Waals surface area contributed by atoms with Crippen molar-refractivity contribution >= 4 is 5.97 Å². The van der Waals surface area contributed by atoms with Gasteiger partial charge in [-0.2, -0.15) is 0 Å². The molecule has 1 rings (SSSR count). The van der Waals surface area contributed by atoms with Crippen LogP contribution in [0.15, 0.2) is 0 Å². The number of carboxylic acids is 1. The highest BCUT2D eigenvalue weighted by atomic mass is 16.5. The molecule has 0 aromatic heterocycles. The molecule has 0 radical (unpaired) electrons. The fourth-order valence-corrected chi connectivity index (χ4v) is 2.02. The molecule has 1 saturated heterocycles. The Balaban J connectivity index is 2.47. The Bertz CT molecular complexity index is 188. The number of hydrogen-bond acceptors (Lipinski definition) is 3. The summed E-state index contributed by atoms with van der Waals surface area (Å²) < 4.78 is 4.95. The summed E-state index contributed by atoms with van der Waals surface area (Å²) in [6, 6.07) is 0. The maximum atomic E-state index is 11.0. The van der Waals surface area contributed by atoms with Crippen LogP contribution in [0.4, 0.5) is 0 Å². The van der Waals surface area contributed by atoms with Crippen LogP contribution in [-0.4, -0.2) is 49.8 Å². The summed E-state index contributed by atoms with van der Waals surface area (Å²) in [4.78, 5) is 13.2. The molecule has 0 saturated carbocycles. The third kappa shape index (κ3) is 2.96. The zero-order chi connectivity index (χ0) is 10.6. The van der Waals surface area contributed by atoms with Crippen molar-refractivity contribution in [3.05, 3.63) is 0 Å². The van der Waals surface area contributed by atoms with Gasteiger partial charge in [-0.25, -0.2) is 0 Å². The highest BCUT2D eigenvalue weighted by Crippen LogP contribution is 2.24. The van der Waals surface area contributed by atoms with E-state index in [9.17, 15) is 4.79 Å². The van der Waals surface area contributed by atoms with Gasteiger partial charge in [-0.1, -0.05) is 0 Å². The molecule has 1 fully saturated rings. The lowest BCUT2D eigenvalue weighted by molar-refractivity contribution is -0.146. The van der Waals surface area contributed by atoms with E-state index in [0.717, 1.165) is 25.9 Å². The molecule has 1 atom stereocenters. The maximum absolute atomic E-state index is 11.0. The number of ether oxygens (including phenoxy) is 1. The summed E-state index contributed by atoms with van der Waals surface area (Å²) in [5.41, 5.74) is 0. The lowest BCUT2D eigenvalue weighted by Gasteiger charge is -2.32. The van der Waals surface area contributed by atoms with E-state index in [0.29, 0.717) is 6.61 Å². The van der Waals surface area contributed by atoms with Gasteiger partial charge in [0.2, 0.25) is 0 Å². The number of aliphatic carboxylic acids is 1. The topological polar surface area (TPSA) is 49.8 Å². The van der Waals surface area contributed by atoms with Crippen molar-refractivity contribution in [2.45, 2.75) is 12.8 Å². The molecule has 14 heavy (non-hydrogen) atoms. The van der Waals surface area contributed by atoms with Gasteiger partial charge in [0.05, 0.1) is 12.5 Å². The van der Waals surface area contributed by atoms with Gasteiger partial charge in [-0.05, 0) is 38.9 Å². The van der Waals surface area contributed by atoms with E-state index in [1.807, 2.05) is 0 Å². The van der Waals surface area contributed by atoms with Crippen LogP contribution in [0, 0.1) is 11.8 Å². The molecule has 1 heterocycles. The Labute approximate surface area is 84.8 Å². The van der Waals surface area contributed by atoms with Crippen molar-refractivity contribution < 1.29 is 14.6 Å².